The van der Waals surface area contributed by atoms with Crippen LogP contribution in [0.5, 0.6) is 0 Å². The molecule has 3 aromatic carbocycles. The largest absolute Gasteiger partial charge is 0.480 e. The van der Waals surface area contributed by atoms with Crippen molar-refractivity contribution in [2.24, 2.45) is 23.5 Å². The summed E-state index contributed by atoms with van der Waals surface area (Å²) in [6.45, 7) is 23.1. The maximum absolute atomic E-state index is 13.7. The lowest BCUT2D eigenvalue weighted by molar-refractivity contribution is -0.142. The summed E-state index contributed by atoms with van der Waals surface area (Å²) in [4.78, 5) is 124. The zero-order chi connectivity index (χ0) is 88.0. The number of carbonyl (C=O) groups is 6. The van der Waals surface area contributed by atoms with Gasteiger partial charge in [-0.1, -0.05) is 96.1 Å². The Kier molecular flexibility index (Phi) is 36.4. The predicted octanol–water partition coefficient (Wildman–Crippen LogP) is 18.8. The number of hydrogen-bond acceptors (Lipinski definition) is 16. The van der Waals surface area contributed by atoms with E-state index in [1.54, 1.807) is 44.8 Å². The maximum Gasteiger partial charge on any atom is 0.416 e. The lowest BCUT2D eigenvalue weighted by Gasteiger charge is -2.24. The number of carbonyl (C=O) groups excluding carboxylic acids is 5. The Morgan fingerprint density at radius 3 is 0.916 bits per heavy atom. The summed E-state index contributed by atoms with van der Waals surface area (Å²) < 4.78 is 133. The van der Waals surface area contributed by atoms with E-state index in [4.69, 9.17) is 20.3 Å². The van der Waals surface area contributed by atoms with Crippen molar-refractivity contribution >= 4 is 47.9 Å². The number of aromatic nitrogens is 6. The molecule has 0 aliphatic heterocycles. The van der Waals surface area contributed by atoms with Gasteiger partial charge in [0.2, 0.25) is 0 Å². The van der Waals surface area contributed by atoms with E-state index >= 15 is 0 Å². The number of halogens is 10. The number of pyridine rings is 6. The van der Waals surface area contributed by atoms with E-state index < -0.39 is 106 Å². The molecule has 0 spiro atoms. The van der Waals surface area contributed by atoms with E-state index in [9.17, 15) is 82.7 Å². The average molecular weight is 1680 g/mol. The van der Waals surface area contributed by atoms with Gasteiger partial charge in [0.15, 0.2) is 11.6 Å². The first-order valence-corrected chi connectivity index (χ1v) is 38.0. The van der Waals surface area contributed by atoms with Crippen LogP contribution in [0.4, 0.5) is 39.5 Å². The first-order valence-electron chi connectivity index (χ1n) is 38.0. The zero-order valence-electron chi connectivity index (χ0n) is 68.9. The van der Waals surface area contributed by atoms with Crippen molar-refractivity contribution in [1.82, 2.24) is 28.7 Å². The standard InChI is InChI=1S/2C30H33F3N2O4.C17H20N2O2.C12H14F3NO3.ClH/c2*1-18(2)11-25(35-10-9-24(15-27(35)37)30(31,32)33)26(36)13-21(14-28(38)39-5)22-12-23(17-34-16-22)29-19(3)7-6-8-20(29)4;1-11-5-4-6-12(2)17(11)14-7-13(9-19-10-14)15(18)8-16(20)21-3;1-7(2)5-9(11(18)19)16-4-3-8(6-10(16)17)12(13,14)15;/h2*6-10,12,15-18,21,25H,11,13-14H2,1-5H3;4-7,9-10,15H,8,18H2,1-3H3;3-4,6-7,9H,5H2,1-2H3,(H,18,19);1H/t21-,25+;21-,25-;15-;9-;/m0000./s1. The van der Waals surface area contributed by atoms with E-state index in [-0.39, 0.29) is 99.1 Å². The summed E-state index contributed by atoms with van der Waals surface area (Å²) >= 11 is 0. The molecule has 0 saturated carbocycles. The van der Waals surface area contributed by atoms with Gasteiger partial charge in [-0.25, -0.2) is 4.79 Å². The number of aryl methyl sites for hydroxylation is 6. The second kappa shape index (κ2) is 44.0. The normalized spacial score (nSPS) is 13.0. The van der Waals surface area contributed by atoms with Crippen molar-refractivity contribution in [3.05, 3.63) is 263 Å². The Bertz CT molecular complexity index is 4920. The third-order valence-electron chi connectivity index (χ3n) is 19.7. The Labute approximate surface area is 690 Å². The molecule has 0 amide bonds. The summed E-state index contributed by atoms with van der Waals surface area (Å²) in [5.41, 5.74) is 14.6. The number of esters is 3. The number of aliphatic carboxylic acids is 1. The topological polar surface area (TPSA) is 281 Å². The number of nitrogens with two attached hydrogens (primary N) is 1. The van der Waals surface area contributed by atoms with Crippen LogP contribution in [-0.4, -0.2) is 90.5 Å². The van der Waals surface area contributed by atoms with E-state index in [1.165, 1.54) is 32.5 Å². The molecule has 9 rings (SSSR count). The van der Waals surface area contributed by atoms with Gasteiger partial charge in [0, 0.05) is 121 Å². The molecule has 6 atom stereocenters. The third kappa shape index (κ3) is 28.2. The van der Waals surface area contributed by atoms with Gasteiger partial charge in [-0.2, -0.15) is 39.5 Å². The van der Waals surface area contributed by atoms with Crippen LogP contribution in [0.2, 0.25) is 0 Å². The monoisotopic (exact) mass is 1680 g/mol. The smallest absolute Gasteiger partial charge is 0.416 e. The molecule has 6 heterocycles. The van der Waals surface area contributed by atoms with Gasteiger partial charge >= 0.3 is 42.4 Å². The predicted molar refractivity (Wildman–Crippen MR) is 436 cm³/mol. The molecule has 30 heteroatoms. The minimum atomic E-state index is -4.67. The van der Waals surface area contributed by atoms with Crippen LogP contribution < -0.4 is 22.4 Å². The summed E-state index contributed by atoms with van der Waals surface area (Å²) in [6.07, 6.45) is -0.524. The number of rotatable bonds is 28. The lowest BCUT2D eigenvalue weighted by atomic mass is 9.86. The summed E-state index contributed by atoms with van der Waals surface area (Å²) in [7, 11) is 3.88. The maximum atomic E-state index is 13.7. The van der Waals surface area contributed by atoms with Crippen LogP contribution in [0.15, 0.2) is 179 Å². The van der Waals surface area contributed by atoms with Crippen LogP contribution in [-0.2, 0) is 61.5 Å². The van der Waals surface area contributed by atoms with Crippen LogP contribution in [0.1, 0.15) is 196 Å². The highest BCUT2D eigenvalue weighted by atomic mass is 35.5. The minimum Gasteiger partial charge on any atom is -0.480 e. The van der Waals surface area contributed by atoms with E-state index in [0.29, 0.717) is 35.4 Å². The molecular formula is C89H101ClF9N7O13. The third-order valence-corrected chi connectivity index (χ3v) is 19.7. The summed E-state index contributed by atoms with van der Waals surface area (Å²) in [5, 5.41) is 9.05. The fourth-order valence-corrected chi connectivity index (χ4v) is 13.8. The van der Waals surface area contributed by atoms with E-state index in [0.717, 1.165) is 106 Å². The second-order valence-electron chi connectivity index (χ2n) is 30.3. The number of carboxylic acids is 1. The van der Waals surface area contributed by atoms with Crippen molar-refractivity contribution in [2.75, 3.05) is 21.3 Å². The van der Waals surface area contributed by atoms with Gasteiger partial charge in [-0.15, -0.1) is 12.4 Å². The van der Waals surface area contributed by atoms with Crippen LogP contribution in [0, 0.1) is 59.3 Å². The van der Waals surface area contributed by atoms with Gasteiger partial charge in [-0.05, 0) is 182 Å². The average Bonchev–Trinajstić information content (AvgIpc) is 0.826. The molecule has 640 valence electrons. The lowest BCUT2D eigenvalue weighted by Crippen LogP contribution is -2.32. The minimum absolute atomic E-state index is 0. The van der Waals surface area contributed by atoms with Gasteiger partial charge in [0.25, 0.3) is 16.7 Å². The van der Waals surface area contributed by atoms with E-state index in [2.05, 4.69) is 45.7 Å². The molecule has 0 unspecified atom stereocenters. The van der Waals surface area contributed by atoms with Crippen molar-refractivity contribution in [3.8, 4) is 33.4 Å². The van der Waals surface area contributed by atoms with Crippen molar-refractivity contribution in [1.29, 1.82) is 0 Å². The highest BCUT2D eigenvalue weighted by Gasteiger charge is 2.37. The number of alkyl halides is 9. The first kappa shape index (κ1) is 98.4. The second-order valence-corrected chi connectivity index (χ2v) is 30.3. The molecule has 0 bridgehead atoms. The number of benzene rings is 3. The van der Waals surface area contributed by atoms with Gasteiger partial charge in [0.05, 0.1) is 69.4 Å². The van der Waals surface area contributed by atoms with Crippen molar-refractivity contribution < 1.29 is 87.6 Å². The SMILES string of the molecule is CC(C)C[C@@H](C(=O)O)n1ccc(C(F)(F)F)cc1=O.COC(=O)C[C@H](CC(=O)[C@@H](CC(C)C)n1ccc(C(F)(F)F)cc1=O)c1cncc(-c2c(C)cccc2C)c1.COC(=O)C[C@H](CC(=O)[C@H](CC(C)C)n1ccc(C(F)(F)F)cc1=O)c1cncc(-c2c(C)cccc2C)c1.COC(=O)C[C@H](N)c1cncc(-c2c(C)cccc2C)c1.Cl. The summed E-state index contributed by atoms with van der Waals surface area (Å²) in [5.74, 6) is -4.60. The Balaban J connectivity index is 0.000000295. The number of nitrogens with zero attached hydrogens (tertiary/aromatic N) is 6. The number of methoxy groups -OCH3 is 3. The Morgan fingerprint density at radius 1 is 0.395 bits per heavy atom. The molecule has 0 saturated heterocycles. The van der Waals surface area contributed by atoms with Crippen LogP contribution in [0.3, 0.4) is 0 Å². The number of hydrogen-bond donors (Lipinski definition) is 2. The highest BCUT2D eigenvalue weighted by Crippen LogP contribution is 2.38. The van der Waals surface area contributed by atoms with Crippen LogP contribution >= 0.6 is 12.4 Å². The summed E-state index contributed by atoms with van der Waals surface area (Å²) in [6, 6.07) is 24.0. The fraction of sp³-hybridized carbons (Fsp3) is 0.393. The molecule has 0 radical (unpaired) electrons. The first-order chi connectivity index (χ1) is 55.3. The Morgan fingerprint density at radius 2 is 0.655 bits per heavy atom. The number of carboxylic acid groups (broad SMARTS) is 1. The van der Waals surface area contributed by atoms with Gasteiger partial charge in [0.1, 0.15) is 6.04 Å². The van der Waals surface area contributed by atoms with Gasteiger partial charge in [-0.3, -0.25) is 53.3 Å². The number of ketones is 2. The zero-order valence-corrected chi connectivity index (χ0v) is 69.7. The highest BCUT2D eigenvalue weighted by molar-refractivity contribution is 5.86. The van der Waals surface area contributed by atoms with Crippen molar-refractivity contribution in [2.45, 2.75) is 189 Å². The van der Waals surface area contributed by atoms with E-state index in [1.807, 2.05) is 122 Å². The number of ether oxygens (including phenoxy) is 3. The molecular weight excluding hydrogens is 1580 g/mol. The molecule has 119 heavy (non-hydrogen) atoms. The quantitative estimate of drug-likeness (QED) is 0.0262. The molecule has 20 nitrogen and oxygen atoms in total. The molecule has 3 N–H and O–H groups in total. The molecule has 0 aliphatic carbocycles. The fourth-order valence-electron chi connectivity index (χ4n) is 13.8. The molecule has 0 fully saturated rings. The molecule has 9 aromatic rings. The molecule has 0 aliphatic rings. The molecule has 6 aromatic heterocycles. The van der Waals surface area contributed by atoms with Crippen molar-refractivity contribution in [3.63, 3.8) is 0 Å². The van der Waals surface area contributed by atoms with Crippen LogP contribution in [0.25, 0.3) is 33.4 Å². The number of Topliss-reactive ketones (excluding diaryl/α,β-unsaturated/α-hetero) is 2. The van der Waals surface area contributed by atoms with Gasteiger partial charge < -0.3 is 38.8 Å². The Hall–Kier alpha value is -11.2.